The van der Waals surface area contributed by atoms with Crippen molar-refractivity contribution in [2.24, 2.45) is 0 Å². The molecule has 3 fully saturated rings. The van der Waals surface area contributed by atoms with Crippen LogP contribution in [-0.4, -0.2) is 215 Å². The molecule has 23 heteroatoms. The van der Waals surface area contributed by atoms with Crippen molar-refractivity contribution >= 4 is 17.8 Å². The van der Waals surface area contributed by atoms with Crippen LogP contribution in [-0.2, 0) is 42.8 Å². The molecule has 73 heavy (non-hydrogen) atoms. The van der Waals surface area contributed by atoms with Gasteiger partial charge in [0.2, 0.25) is 11.8 Å². The normalized spacial score (nSPS) is 32.6. The lowest BCUT2D eigenvalue weighted by Gasteiger charge is -2.50. The minimum atomic E-state index is -3.08. The van der Waals surface area contributed by atoms with Crippen LogP contribution in [0.1, 0.15) is 136 Å². The Labute approximate surface area is 428 Å². The number of ether oxygens (including phenoxy) is 6. The number of hydrogen-bond acceptors (Lipinski definition) is 20. The molecule has 0 bridgehead atoms. The average molecular weight is 1050 g/mol. The van der Waals surface area contributed by atoms with Crippen molar-refractivity contribution < 1.29 is 104 Å². The summed E-state index contributed by atoms with van der Waals surface area (Å²) < 4.78 is 34.4. The molecule has 23 nitrogen and oxygen atoms in total. The lowest BCUT2D eigenvalue weighted by atomic mass is 9.88. The topological polar surface area (TPSA) is 373 Å². The second-order valence-corrected chi connectivity index (χ2v) is 19.4. The molecule has 3 heterocycles. The Morgan fingerprint density at radius 3 is 1.88 bits per heavy atom. The molecular formula is C50H88N2O21. The van der Waals surface area contributed by atoms with Crippen molar-refractivity contribution in [1.29, 1.82) is 0 Å². The molecule has 0 spiro atoms. The summed E-state index contributed by atoms with van der Waals surface area (Å²) in [5.41, 5.74) is 0. The molecule has 0 aromatic carbocycles. The molecule has 3 rings (SSSR count). The molecule has 18 unspecified atom stereocenters. The zero-order valence-electron chi connectivity index (χ0n) is 42.7. The zero-order valence-corrected chi connectivity index (χ0v) is 42.7. The van der Waals surface area contributed by atoms with Crippen molar-refractivity contribution in [3.05, 3.63) is 24.3 Å². The number of carboxylic acid groups (broad SMARTS) is 1. The van der Waals surface area contributed by atoms with E-state index in [0.29, 0.717) is 19.3 Å². The first-order valence-corrected chi connectivity index (χ1v) is 26.2. The predicted octanol–water partition coefficient (Wildman–Crippen LogP) is -0.569. The number of rotatable bonds is 35. The fourth-order valence-electron chi connectivity index (χ4n) is 9.06. The van der Waals surface area contributed by atoms with E-state index in [4.69, 9.17) is 28.4 Å². The molecule has 3 saturated heterocycles. The second-order valence-electron chi connectivity index (χ2n) is 19.4. The van der Waals surface area contributed by atoms with Gasteiger partial charge in [-0.3, -0.25) is 9.59 Å². The van der Waals surface area contributed by atoms with Crippen LogP contribution in [0.15, 0.2) is 24.3 Å². The molecular weight excluding hydrogens is 965 g/mol. The zero-order chi connectivity index (χ0) is 54.1. The maximum absolute atomic E-state index is 13.2. The van der Waals surface area contributed by atoms with Crippen molar-refractivity contribution in [3.63, 3.8) is 0 Å². The Hall–Kier alpha value is -2.79. The number of aliphatic hydroxyl groups excluding tert-OH is 11. The highest BCUT2D eigenvalue weighted by Crippen LogP contribution is 2.38. The number of amides is 2. The summed E-state index contributed by atoms with van der Waals surface area (Å²) in [5.74, 6) is -6.19. The van der Waals surface area contributed by atoms with Gasteiger partial charge in [-0.25, -0.2) is 4.79 Å². The molecule has 3 aliphatic heterocycles. The van der Waals surface area contributed by atoms with E-state index >= 15 is 0 Å². The van der Waals surface area contributed by atoms with Gasteiger partial charge in [0.1, 0.15) is 67.1 Å². The highest BCUT2D eigenvalue weighted by Gasteiger charge is 2.60. The molecule has 3 aliphatic rings. The number of hydrogen-bond donors (Lipinski definition) is 14. The van der Waals surface area contributed by atoms with E-state index in [2.05, 4.69) is 30.6 Å². The highest BCUT2D eigenvalue weighted by molar-refractivity contribution is 5.77. The van der Waals surface area contributed by atoms with Crippen molar-refractivity contribution in [3.8, 4) is 0 Å². The number of nitrogens with one attached hydrogen (secondary N) is 2. The Kier molecular flexibility index (Phi) is 30.1. The van der Waals surface area contributed by atoms with E-state index in [9.17, 15) is 75.7 Å². The van der Waals surface area contributed by atoms with Crippen LogP contribution < -0.4 is 10.6 Å². The van der Waals surface area contributed by atoms with Crippen LogP contribution >= 0.6 is 0 Å². The summed E-state index contributed by atoms with van der Waals surface area (Å²) in [4.78, 5) is 38.1. The standard InChI is InChI=1S/C50H88N2O21/c1-4-6-8-10-12-14-16-17-19-21-23-32(57)31(52-37(60)24-22-20-18-15-13-11-9-7-5-2)29-68-47-42(64)41(63)44(36(28-55)70-47)71-48-43(65)46(40(62)35(27-54)69-48)73-50(49(66)67)25-33(58)38(51-30(3)56)45(72-50)39(61)34(59)26-53/h15,18,21,23,31-36,38-48,53-55,57-59,61-65H,4-14,16-17,19-20,22,24-29H2,1-3H3,(H,51,56)(H,52,60)(H,66,67)/b18-15-,23-21+. The van der Waals surface area contributed by atoms with Crippen molar-refractivity contribution in [2.45, 2.75) is 246 Å². The summed E-state index contributed by atoms with van der Waals surface area (Å²) in [7, 11) is 0. The fraction of sp³-hybridized carbons (Fsp3) is 0.860. The Bertz CT molecular complexity index is 1630. The van der Waals surface area contributed by atoms with Gasteiger partial charge in [-0.1, -0.05) is 102 Å². The van der Waals surface area contributed by atoms with E-state index in [0.717, 1.165) is 58.3 Å². The first kappa shape index (κ1) is 64.5. The van der Waals surface area contributed by atoms with Crippen LogP contribution in [0.25, 0.3) is 0 Å². The first-order valence-electron chi connectivity index (χ1n) is 26.2. The Morgan fingerprint density at radius 2 is 1.29 bits per heavy atom. The Balaban J connectivity index is 1.75. The molecule has 0 aromatic heterocycles. The molecule has 18 atom stereocenters. The Morgan fingerprint density at radius 1 is 0.712 bits per heavy atom. The maximum Gasteiger partial charge on any atom is 0.364 e. The number of aliphatic hydroxyl groups is 11. The molecule has 0 radical (unpaired) electrons. The van der Waals surface area contributed by atoms with Gasteiger partial charge < -0.3 is 100 Å². The molecule has 2 amide bonds. The van der Waals surface area contributed by atoms with Gasteiger partial charge in [0.05, 0.1) is 50.7 Å². The van der Waals surface area contributed by atoms with Crippen LogP contribution in [0.3, 0.4) is 0 Å². The summed E-state index contributed by atoms with van der Waals surface area (Å²) in [6.45, 7) is 1.95. The van der Waals surface area contributed by atoms with E-state index in [1.54, 1.807) is 6.08 Å². The largest absolute Gasteiger partial charge is 0.477 e. The molecule has 0 saturated carbocycles. The summed E-state index contributed by atoms with van der Waals surface area (Å²) in [6.07, 6.45) is -5.33. The maximum atomic E-state index is 13.2. The minimum absolute atomic E-state index is 0.150. The number of allylic oxidation sites excluding steroid dienone is 3. The van der Waals surface area contributed by atoms with Gasteiger partial charge in [0.15, 0.2) is 12.6 Å². The third-order valence-corrected chi connectivity index (χ3v) is 13.4. The van der Waals surface area contributed by atoms with Gasteiger partial charge in [-0.05, 0) is 38.5 Å². The van der Waals surface area contributed by atoms with E-state index in [1.807, 2.05) is 12.2 Å². The SMILES string of the molecule is CCCCCC/C=C\CCCC(=O)NC(COC1OC(CO)C(OC2OC(CO)C(O)C(OC3(C(=O)O)CC(O)C(NC(C)=O)C(C(O)C(O)CO)O3)C2O)C(O)C1O)C(O)/C=C/CCCCCCCCCC. The second kappa shape index (κ2) is 34.1. The highest BCUT2D eigenvalue weighted by atomic mass is 16.8. The van der Waals surface area contributed by atoms with Gasteiger partial charge in [-0.15, -0.1) is 0 Å². The van der Waals surface area contributed by atoms with Crippen LogP contribution in [0.2, 0.25) is 0 Å². The number of carbonyl (C=O) groups excluding carboxylic acids is 2. The van der Waals surface area contributed by atoms with Gasteiger partial charge >= 0.3 is 5.97 Å². The van der Waals surface area contributed by atoms with Crippen LogP contribution in [0, 0.1) is 0 Å². The first-order chi connectivity index (χ1) is 34.9. The number of carboxylic acids is 1. The van der Waals surface area contributed by atoms with Crippen molar-refractivity contribution in [2.75, 3.05) is 26.4 Å². The lowest BCUT2D eigenvalue weighted by molar-refractivity contribution is -0.386. The predicted molar refractivity (Wildman–Crippen MR) is 260 cm³/mol. The average Bonchev–Trinajstić information content (AvgIpc) is 3.36. The quantitative estimate of drug-likeness (QED) is 0.0279. The lowest BCUT2D eigenvalue weighted by Crippen LogP contribution is -2.70. The summed E-state index contributed by atoms with van der Waals surface area (Å²) in [5, 5.41) is 135. The van der Waals surface area contributed by atoms with Gasteiger partial charge in [-0.2, -0.15) is 0 Å². The fourth-order valence-corrected chi connectivity index (χ4v) is 9.06. The summed E-state index contributed by atoms with van der Waals surface area (Å²) in [6, 6.07) is -2.63. The molecule has 424 valence electrons. The van der Waals surface area contributed by atoms with E-state index in [1.165, 1.54) is 32.1 Å². The number of carbonyl (C=O) groups is 3. The molecule has 14 N–H and O–H groups in total. The summed E-state index contributed by atoms with van der Waals surface area (Å²) >= 11 is 0. The molecule has 0 aliphatic carbocycles. The number of unbranched alkanes of at least 4 members (excludes halogenated alkanes) is 13. The minimum Gasteiger partial charge on any atom is -0.477 e. The monoisotopic (exact) mass is 1050 g/mol. The van der Waals surface area contributed by atoms with Crippen LogP contribution in [0.4, 0.5) is 0 Å². The van der Waals surface area contributed by atoms with Gasteiger partial charge in [0.25, 0.3) is 5.79 Å². The van der Waals surface area contributed by atoms with Crippen LogP contribution in [0.5, 0.6) is 0 Å². The van der Waals surface area contributed by atoms with Crippen molar-refractivity contribution in [1.82, 2.24) is 10.6 Å². The van der Waals surface area contributed by atoms with Gasteiger partial charge in [0, 0.05) is 19.8 Å². The number of aliphatic carboxylic acids is 1. The van der Waals surface area contributed by atoms with E-state index < -0.39 is 155 Å². The smallest absolute Gasteiger partial charge is 0.364 e. The third-order valence-electron chi connectivity index (χ3n) is 13.4. The third kappa shape index (κ3) is 20.3. The molecule has 0 aromatic rings. The van der Waals surface area contributed by atoms with E-state index in [-0.39, 0.29) is 12.3 Å².